The van der Waals surface area contributed by atoms with Crippen LogP contribution in [-0.2, 0) is 9.53 Å². The molecule has 0 aromatic heterocycles. The van der Waals surface area contributed by atoms with E-state index in [1.807, 2.05) is 20.8 Å². The maximum atomic E-state index is 11.8. The molecule has 17 heavy (non-hydrogen) atoms. The molecule has 1 amide bonds. The molecule has 0 bridgehead atoms. The smallest absolute Gasteiger partial charge is 0.410 e. The summed E-state index contributed by atoms with van der Waals surface area (Å²) in [7, 11) is 0. The second-order valence-corrected chi connectivity index (χ2v) is 5.08. The van der Waals surface area contributed by atoms with Crippen LogP contribution in [0.3, 0.4) is 0 Å². The predicted octanol–water partition coefficient (Wildman–Crippen LogP) is 2.03. The highest BCUT2D eigenvalue weighted by Gasteiger charge is 2.30. The number of hydrogen-bond acceptors (Lipinski definition) is 3. The van der Waals surface area contributed by atoms with Gasteiger partial charge in [0.2, 0.25) is 0 Å². The number of ether oxygens (including phenoxy) is 1. The lowest BCUT2D eigenvalue weighted by Crippen LogP contribution is -2.39. The molecule has 1 aliphatic heterocycles. The van der Waals surface area contributed by atoms with Crippen LogP contribution in [0.4, 0.5) is 4.79 Å². The Bertz CT molecular complexity index is 330. The van der Waals surface area contributed by atoms with Crippen molar-refractivity contribution in [1.82, 2.24) is 4.90 Å². The van der Waals surface area contributed by atoms with Crippen molar-refractivity contribution < 1.29 is 19.4 Å². The number of carboxylic acid groups (broad SMARTS) is 1. The molecule has 0 spiro atoms. The normalized spacial score (nSPS) is 20.9. The molecule has 5 heteroatoms. The molecular weight excluding hydrogens is 222 g/mol. The summed E-state index contributed by atoms with van der Waals surface area (Å²) in [6.45, 7) is 6.04. The first-order chi connectivity index (χ1) is 7.79. The Kier molecular flexibility index (Phi) is 4.15. The van der Waals surface area contributed by atoms with Gasteiger partial charge in [-0.3, -0.25) is 0 Å². The monoisotopic (exact) mass is 241 g/mol. The van der Waals surface area contributed by atoms with Crippen molar-refractivity contribution in [1.29, 1.82) is 0 Å². The standard InChI is InChI=1S/C12H19NO4/c1-12(2,3)17-11(16)13-8-4-5-9(13)6-7-10(14)15/h6-7,9H,4-5,8H2,1-3H3,(H,14,15). The zero-order valence-electron chi connectivity index (χ0n) is 10.5. The molecule has 1 unspecified atom stereocenters. The Balaban J connectivity index is 2.63. The van der Waals surface area contributed by atoms with Crippen molar-refractivity contribution in [3.05, 3.63) is 12.2 Å². The lowest BCUT2D eigenvalue weighted by Gasteiger charge is -2.27. The van der Waals surface area contributed by atoms with Crippen molar-refractivity contribution >= 4 is 12.1 Å². The van der Waals surface area contributed by atoms with E-state index in [0.717, 1.165) is 18.9 Å². The lowest BCUT2D eigenvalue weighted by molar-refractivity contribution is -0.131. The lowest BCUT2D eigenvalue weighted by atomic mass is 10.2. The van der Waals surface area contributed by atoms with Crippen LogP contribution in [0.1, 0.15) is 33.6 Å². The van der Waals surface area contributed by atoms with E-state index in [-0.39, 0.29) is 12.1 Å². The van der Waals surface area contributed by atoms with Gasteiger partial charge in [0.25, 0.3) is 0 Å². The first-order valence-corrected chi connectivity index (χ1v) is 5.70. The van der Waals surface area contributed by atoms with Crippen molar-refractivity contribution in [3.8, 4) is 0 Å². The summed E-state index contributed by atoms with van der Waals surface area (Å²) in [6, 6.07) is -0.166. The Morgan fingerprint density at radius 1 is 1.41 bits per heavy atom. The van der Waals surface area contributed by atoms with E-state index >= 15 is 0 Å². The summed E-state index contributed by atoms with van der Waals surface area (Å²) in [5, 5.41) is 8.56. The summed E-state index contributed by atoms with van der Waals surface area (Å²) < 4.78 is 5.26. The molecule has 0 saturated carbocycles. The number of carboxylic acids is 1. The first kappa shape index (κ1) is 13.5. The first-order valence-electron chi connectivity index (χ1n) is 5.70. The fraction of sp³-hybridized carbons (Fsp3) is 0.667. The van der Waals surface area contributed by atoms with Crippen molar-refractivity contribution in [3.63, 3.8) is 0 Å². The highest BCUT2D eigenvalue weighted by Crippen LogP contribution is 2.21. The van der Waals surface area contributed by atoms with Crippen molar-refractivity contribution in [2.75, 3.05) is 6.54 Å². The number of likely N-dealkylation sites (tertiary alicyclic amines) is 1. The summed E-state index contributed by atoms with van der Waals surface area (Å²) in [4.78, 5) is 23.9. The van der Waals surface area contributed by atoms with Gasteiger partial charge in [0.15, 0.2) is 0 Å². The number of carbonyl (C=O) groups excluding carboxylic acids is 1. The van der Waals surface area contributed by atoms with Crippen LogP contribution < -0.4 is 0 Å². The Morgan fingerprint density at radius 2 is 2.06 bits per heavy atom. The fourth-order valence-electron chi connectivity index (χ4n) is 1.73. The highest BCUT2D eigenvalue weighted by molar-refractivity contribution is 5.80. The number of amides is 1. The van der Waals surface area contributed by atoms with E-state index in [2.05, 4.69) is 0 Å². The van der Waals surface area contributed by atoms with Gasteiger partial charge >= 0.3 is 12.1 Å². The third-order valence-electron chi connectivity index (χ3n) is 2.39. The molecule has 1 fully saturated rings. The van der Waals surface area contributed by atoms with Gasteiger partial charge in [0.1, 0.15) is 5.60 Å². The molecule has 0 aromatic carbocycles. The molecule has 0 aromatic rings. The molecule has 1 aliphatic rings. The third-order valence-corrected chi connectivity index (χ3v) is 2.39. The number of carbonyl (C=O) groups is 2. The molecule has 1 heterocycles. The van der Waals surface area contributed by atoms with Gasteiger partial charge in [0.05, 0.1) is 6.04 Å². The van der Waals surface area contributed by atoms with Crippen LogP contribution in [0.15, 0.2) is 12.2 Å². The Morgan fingerprint density at radius 3 is 2.59 bits per heavy atom. The molecular formula is C12H19NO4. The van der Waals surface area contributed by atoms with Gasteiger partial charge in [-0.05, 0) is 33.6 Å². The maximum absolute atomic E-state index is 11.8. The van der Waals surface area contributed by atoms with E-state index < -0.39 is 11.6 Å². The van der Waals surface area contributed by atoms with Crippen LogP contribution in [0.25, 0.3) is 0 Å². The van der Waals surface area contributed by atoms with Gasteiger partial charge in [0, 0.05) is 12.6 Å². The molecule has 1 N–H and O–H groups in total. The van der Waals surface area contributed by atoms with Crippen molar-refractivity contribution in [2.24, 2.45) is 0 Å². The number of aliphatic carboxylic acids is 1. The van der Waals surface area contributed by atoms with Crippen molar-refractivity contribution in [2.45, 2.75) is 45.3 Å². The predicted molar refractivity (Wildman–Crippen MR) is 62.7 cm³/mol. The quantitative estimate of drug-likeness (QED) is 0.751. The highest BCUT2D eigenvalue weighted by atomic mass is 16.6. The van der Waals surface area contributed by atoms with Crippen LogP contribution in [0, 0.1) is 0 Å². The van der Waals surface area contributed by atoms with E-state index in [1.165, 1.54) is 0 Å². The number of hydrogen-bond donors (Lipinski definition) is 1. The molecule has 5 nitrogen and oxygen atoms in total. The molecule has 0 radical (unpaired) electrons. The van der Waals surface area contributed by atoms with Gasteiger partial charge in [-0.2, -0.15) is 0 Å². The second-order valence-electron chi connectivity index (χ2n) is 5.08. The largest absolute Gasteiger partial charge is 0.478 e. The van der Waals surface area contributed by atoms with Crippen LogP contribution in [0.5, 0.6) is 0 Å². The number of nitrogens with zero attached hydrogens (tertiary/aromatic N) is 1. The molecule has 0 aliphatic carbocycles. The zero-order valence-corrected chi connectivity index (χ0v) is 10.5. The average molecular weight is 241 g/mol. The van der Waals surface area contributed by atoms with Gasteiger partial charge in [-0.1, -0.05) is 6.08 Å². The van der Waals surface area contributed by atoms with Crippen LogP contribution in [0.2, 0.25) is 0 Å². The zero-order chi connectivity index (χ0) is 13.1. The minimum absolute atomic E-state index is 0.166. The van der Waals surface area contributed by atoms with Crippen LogP contribution >= 0.6 is 0 Å². The molecule has 1 saturated heterocycles. The average Bonchev–Trinajstić information content (AvgIpc) is 2.59. The fourth-order valence-corrected chi connectivity index (χ4v) is 1.73. The molecule has 96 valence electrons. The maximum Gasteiger partial charge on any atom is 0.410 e. The van der Waals surface area contributed by atoms with Gasteiger partial charge in [-0.15, -0.1) is 0 Å². The summed E-state index contributed by atoms with van der Waals surface area (Å²) in [5.74, 6) is -0.999. The molecule has 1 atom stereocenters. The topological polar surface area (TPSA) is 66.8 Å². The molecule has 1 rings (SSSR count). The summed E-state index contributed by atoms with van der Waals surface area (Å²) in [5.41, 5.74) is -0.527. The summed E-state index contributed by atoms with van der Waals surface area (Å²) in [6.07, 6.45) is 3.89. The second kappa shape index (κ2) is 5.21. The Labute approximate surface area is 101 Å². The minimum atomic E-state index is -0.999. The van der Waals surface area contributed by atoms with Crippen LogP contribution in [-0.4, -0.2) is 40.3 Å². The third kappa shape index (κ3) is 4.46. The van der Waals surface area contributed by atoms with Gasteiger partial charge < -0.3 is 14.7 Å². The van der Waals surface area contributed by atoms with E-state index in [1.54, 1.807) is 11.0 Å². The minimum Gasteiger partial charge on any atom is -0.478 e. The Hall–Kier alpha value is -1.52. The van der Waals surface area contributed by atoms with E-state index in [4.69, 9.17) is 9.84 Å². The van der Waals surface area contributed by atoms with E-state index in [0.29, 0.717) is 6.54 Å². The number of rotatable bonds is 2. The SMILES string of the molecule is CC(C)(C)OC(=O)N1CCCC1C=CC(=O)O. The summed E-state index contributed by atoms with van der Waals surface area (Å²) >= 11 is 0. The van der Waals surface area contributed by atoms with E-state index in [9.17, 15) is 9.59 Å². The van der Waals surface area contributed by atoms with Gasteiger partial charge in [-0.25, -0.2) is 9.59 Å².